The maximum atomic E-state index is 11.4. The molecule has 0 aromatic heterocycles. The van der Waals surface area contributed by atoms with Crippen molar-refractivity contribution in [3.05, 3.63) is 0 Å². The normalized spacial score (nSPS) is 33.4. The van der Waals surface area contributed by atoms with Crippen LogP contribution in [0.2, 0.25) is 0 Å². The zero-order valence-electron chi connectivity index (χ0n) is 9.65. The number of carbonyl (C=O) groups is 1. The number of cyclic esters (lactones) is 1. The first-order valence-corrected chi connectivity index (χ1v) is 6.23. The quantitative estimate of drug-likeness (QED) is 0.592. The molecular weight excluding hydrogens is 208 g/mol. The molecule has 0 saturated carbocycles. The Labute approximate surface area is 96.2 Å². The lowest BCUT2D eigenvalue weighted by molar-refractivity contribution is -0.164. The van der Waals surface area contributed by atoms with Crippen LogP contribution in [-0.4, -0.2) is 38.0 Å². The van der Waals surface area contributed by atoms with Crippen molar-refractivity contribution in [2.75, 3.05) is 19.8 Å². The molecule has 2 fully saturated rings. The molecule has 1 unspecified atom stereocenters. The van der Waals surface area contributed by atoms with Crippen LogP contribution in [-0.2, 0) is 19.0 Å². The Kier molecular flexibility index (Phi) is 4.60. The third kappa shape index (κ3) is 3.76. The first-order valence-electron chi connectivity index (χ1n) is 6.23. The lowest BCUT2D eigenvalue weighted by Gasteiger charge is -2.30. The Morgan fingerprint density at radius 1 is 1.00 bits per heavy atom. The summed E-state index contributed by atoms with van der Waals surface area (Å²) in [7, 11) is 0. The average molecular weight is 228 g/mol. The van der Waals surface area contributed by atoms with E-state index in [9.17, 15) is 4.79 Å². The highest BCUT2D eigenvalue weighted by Crippen LogP contribution is 2.18. The zero-order valence-corrected chi connectivity index (χ0v) is 9.65. The van der Waals surface area contributed by atoms with Crippen LogP contribution in [0.1, 0.15) is 38.5 Å². The van der Waals surface area contributed by atoms with Crippen molar-refractivity contribution in [2.45, 2.75) is 50.7 Å². The van der Waals surface area contributed by atoms with Crippen LogP contribution in [0.25, 0.3) is 0 Å². The molecule has 92 valence electrons. The van der Waals surface area contributed by atoms with Gasteiger partial charge in [-0.15, -0.1) is 0 Å². The molecule has 2 atom stereocenters. The van der Waals surface area contributed by atoms with Gasteiger partial charge in [0.15, 0.2) is 0 Å². The van der Waals surface area contributed by atoms with E-state index in [1.807, 2.05) is 0 Å². The summed E-state index contributed by atoms with van der Waals surface area (Å²) in [5.41, 5.74) is 0. The second-order valence-electron chi connectivity index (χ2n) is 4.55. The van der Waals surface area contributed by atoms with Gasteiger partial charge in [0.05, 0.1) is 38.4 Å². The summed E-state index contributed by atoms with van der Waals surface area (Å²) in [5.74, 6) is -0.158. The molecule has 2 rings (SSSR count). The van der Waals surface area contributed by atoms with Crippen molar-refractivity contribution in [1.29, 1.82) is 0 Å². The summed E-state index contributed by atoms with van der Waals surface area (Å²) in [5, 5.41) is 0. The summed E-state index contributed by atoms with van der Waals surface area (Å²) in [6, 6.07) is 0. The molecular formula is C12H20O4. The van der Waals surface area contributed by atoms with Crippen molar-refractivity contribution >= 4 is 5.97 Å². The number of hydrogen-bond donors (Lipinski definition) is 0. The second kappa shape index (κ2) is 6.21. The molecule has 0 aromatic carbocycles. The van der Waals surface area contributed by atoms with E-state index in [2.05, 4.69) is 0 Å². The van der Waals surface area contributed by atoms with Gasteiger partial charge in [-0.05, 0) is 12.8 Å². The molecule has 2 bridgehead atoms. The fraction of sp³-hybridized carbons (Fsp3) is 0.917. The van der Waals surface area contributed by atoms with E-state index < -0.39 is 0 Å². The highest BCUT2D eigenvalue weighted by molar-refractivity contribution is 5.69. The van der Waals surface area contributed by atoms with Crippen LogP contribution < -0.4 is 0 Å². The molecule has 2 saturated heterocycles. The van der Waals surface area contributed by atoms with Crippen LogP contribution in [0.3, 0.4) is 0 Å². The molecule has 0 N–H and O–H groups in total. The first-order chi connectivity index (χ1) is 7.84. The number of ether oxygens (including phenoxy) is 3. The molecule has 0 aromatic rings. The van der Waals surface area contributed by atoms with Gasteiger partial charge < -0.3 is 14.2 Å². The van der Waals surface area contributed by atoms with Gasteiger partial charge in [-0.25, -0.2) is 0 Å². The third-order valence-corrected chi connectivity index (χ3v) is 3.07. The van der Waals surface area contributed by atoms with Crippen molar-refractivity contribution in [3.63, 3.8) is 0 Å². The Balaban J connectivity index is 1.87. The molecule has 0 aliphatic carbocycles. The summed E-state index contributed by atoms with van der Waals surface area (Å²) < 4.78 is 16.4. The topological polar surface area (TPSA) is 44.8 Å². The number of carbonyl (C=O) groups excluding carboxylic acids is 1. The van der Waals surface area contributed by atoms with Gasteiger partial charge in [-0.2, -0.15) is 0 Å². The van der Waals surface area contributed by atoms with E-state index in [1.165, 1.54) is 12.8 Å². The average Bonchev–Trinajstić information content (AvgIpc) is 2.27. The molecule has 0 amide bonds. The number of esters is 1. The van der Waals surface area contributed by atoms with E-state index in [1.54, 1.807) is 0 Å². The van der Waals surface area contributed by atoms with Gasteiger partial charge in [0.25, 0.3) is 0 Å². The molecule has 2 heterocycles. The predicted octanol–water partition coefficient (Wildman–Crippen LogP) is 1.67. The smallest absolute Gasteiger partial charge is 0.308 e. The minimum absolute atomic E-state index is 0.106. The van der Waals surface area contributed by atoms with Crippen LogP contribution >= 0.6 is 0 Å². The van der Waals surface area contributed by atoms with Gasteiger partial charge in [-0.3, -0.25) is 4.79 Å². The summed E-state index contributed by atoms with van der Waals surface area (Å²) in [4.78, 5) is 11.4. The van der Waals surface area contributed by atoms with E-state index >= 15 is 0 Å². The van der Waals surface area contributed by atoms with E-state index in [0.29, 0.717) is 26.2 Å². The molecule has 16 heavy (non-hydrogen) atoms. The van der Waals surface area contributed by atoms with Crippen LogP contribution in [0.15, 0.2) is 0 Å². The van der Waals surface area contributed by atoms with Crippen LogP contribution in [0.4, 0.5) is 0 Å². The van der Waals surface area contributed by atoms with Crippen LogP contribution in [0.5, 0.6) is 0 Å². The zero-order chi connectivity index (χ0) is 11.2. The fourth-order valence-corrected chi connectivity index (χ4v) is 2.20. The number of fused-ring (bicyclic) bond motifs is 2. The van der Waals surface area contributed by atoms with Gasteiger partial charge >= 0.3 is 5.97 Å². The minimum Gasteiger partial charge on any atom is -0.466 e. The fourth-order valence-electron chi connectivity index (χ4n) is 2.20. The molecule has 2 aliphatic heterocycles. The second-order valence-corrected chi connectivity index (χ2v) is 4.55. The molecule has 2 aliphatic rings. The van der Waals surface area contributed by atoms with Crippen molar-refractivity contribution in [1.82, 2.24) is 0 Å². The van der Waals surface area contributed by atoms with Gasteiger partial charge in [-0.1, -0.05) is 19.3 Å². The summed E-state index contributed by atoms with van der Waals surface area (Å²) in [6.07, 6.45) is 5.92. The highest BCUT2D eigenvalue weighted by Gasteiger charge is 2.25. The third-order valence-electron chi connectivity index (χ3n) is 3.07. The standard InChI is InChI=1S/C12H20O4/c13-12-7-11-9-14-8-10(16-11)5-3-1-2-4-6-15-12/h10-11H,1-9H2/t10-,11?/m1/s1. The van der Waals surface area contributed by atoms with Crippen molar-refractivity contribution in [3.8, 4) is 0 Å². The number of hydrogen-bond acceptors (Lipinski definition) is 4. The Morgan fingerprint density at radius 3 is 2.75 bits per heavy atom. The van der Waals surface area contributed by atoms with E-state index in [-0.39, 0.29) is 18.2 Å². The van der Waals surface area contributed by atoms with Crippen LogP contribution in [0, 0.1) is 0 Å². The Hall–Kier alpha value is -0.610. The van der Waals surface area contributed by atoms with Gasteiger partial charge in [0, 0.05) is 0 Å². The van der Waals surface area contributed by atoms with E-state index in [0.717, 1.165) is 19.3 Å². The summed E-state index contributed by atoms with van der Waals surface area (Å²) >= 11 is 0. The first kappa shape index (κ1) is 11.9. The van der Waals surface area contributed by atoms with Gasteiger partial charge in [0.2, 0.25) is 0 Å². The monoisotopic (exact) mass is 228 g/mol. The SMILES string of the molecule is O=C1CC2COC[C@@H](CCCCCCO1)O2. The largest absolute Gasteiger partial charge is 0.466 e. The lowest BCUT2D eigenvalue weighted by Crippen LogP contribution is -2.37. The lowest BCUT2D eigenvalue weighted by atomic mass is 10.1. The molecule has 0 spiro atoms. The maximum absolute atomic E-state index is 11.4. The van der Waals surface area contributed by atoms with Gasteiger partial charge in [0.1, 0.15) is 0 Å². The highest BCUT2D eigenvalue weighted by atomic mass is 16.6. The molecule has 4 nitrogen and oxygen atoms in total. The Bertz CT molecular complexity index is 229. The summed E-state index contributed by atoms with van der Waals surface area (Å²) in [6.45, 7) is 1.74. The predicted molar refractivity (Wildman–Crippen MR) is 58.1 cm³/mol. The van der Waals surface area contributed by atoms with Crippen molar-refractivity contribution in [2.24, 2.45) is 0 Å². The van der Waals surface area contributed by atoms with Crippen molar-refractivity contribution < 1.29 is 19.0 Å². The number of rotatable bonds is 0. The minimum atomic E-state index is -0.158. The maximum Gasteiger partial charge on any atom is 0.308 e. The Morgan fingerprint density at radius 2 is 1.81 bits per heavy atom. The van der Waals surface area contributed by atoms with E-state index in [4.69, 9.17) is 14.2 Å². The molecule has 0 radical (unpaired) electrons. The molecule has 4 heteroatoms.